The van der Waals surface area contributed by atoms with Crippen LogP contribution in [0.25, 0.3) is 0 Å². The Hall–Kier alpha value is -3.34. The van der Waals surface area contributed by atoms with Crippen LogP contribution in [0, 0.1) is 0 Å². The van der Waals surface area contributed by atoms with Crippen LogP contribution >= 0.6 is 11.3 Å². The van der Waals surface area contributed by atoms with Gasteiger partial charge in [-0.3, -0.25) is 0 Å². The summed E-state index contributed by atoms with van der Waals surface area (Å²) in [4.78, 5) is 15.5. The van der Waals surface area contributed by atoms with E-state index in [0.29, 0.717) is 18.5 Å². The number of piperidine rings is 1. The minimum atomic E-state index is 0.432. The molecule has 2 N–H and O–H groups in total. The van der Waals surface area contributed by atoms with Gasteiger partial charge in [0.05, 0.1) is 16.4 Å². The van der Waals surface area contributed by atoms with E-state index in [1.165, 1.54) is 6.34 Å². The van der Waals surface area contributed by atoms with Gasteiger partial charge >= 0.3 is 6.01 Å². The molecule has 162 valence electrons. The molecule has 1 fully saturated rings. The normalized spacial score (nSPS) is 15.3. The van der Waals surface area contributed by atoms with Crippen LogP contribution < -0.4 is 15.5 Å². The SMILES string of the molecule is CCc1noc(N2CCC(c3nc(COc4ccc(N=CN=NN)cc4)cs3)CC2)n1. The molecule has 1 saturated heterocycles. The highest BCUT2D eigenvalue weighted by molar-refractivity contribution is 7.09. The first-order valence-electron chi connectivity index (χ1n) is 10.1. The molecule has 11 heteroatoms. The molecule has 0 saturated carbocycles. The Labute approximate surface area is 183 Å². The second-order valence-corrected chi connectivity index (χ2v) is 7.93. The van der Waals surface area contributed by atoms with Crippen molar-refractivity contribution >= 4 is 29.4 Å². The van der Waals surface area contributed by atoms with Gasteiger partial charge in [-0.2, -0.15) is 4.98 Å². The first kappa shape index (κ1) is 20.9. The quantitative estimate of drug-likeness (QED) is 0.184. The van der Waals surface area contributed by atoms with Crippen molar-refractivity contribution in [2.75, 3.05) is 18.0 Å². The summed E-state index contributed by atoms with van der Waals surface area (Å²) in [7, 11) is 0. The van der Waals surface area contributed by atoms with Gasteiger partial charge < -0.3 is 20.0 Å². The summed E-state index contributed by atoms with van der Waals surface area (Å²) in [5.74, 6) is 6.89. The zero-order valence-corrected chi connectivity index (χ0v) is 18.0. The highest BCUT2D eigenvalue weighted by atomic mass is 32.1. The molecule has 1 aromatic carbocycles. The maximum Gasteiger partial charge on any atom is 0.324 e. The van der Waals surface area contributed by atoms with Crippen LogP contribution in [0.4, 0.5) is 11.7 Å². The first-order chi connectivity index (χ1) is 15.2. The number of aryl methyl sites for hydroxylation is 1. The summed E-state index contributed by atoms with van der Waals surface area (Å²) < 4.78 is 11.2. The standard InChI is InChI=1S/C20H24N8O2S/c1-2-18-25-20(30-26-18)28-9-7-14(8-10-28)19-24-16(12-31-19)11-29-17-5-3-15(4-6-17)22-13-23-27-21/h3-6,12-14H,2,7-11H2,1H3,(H2,21,22,23). The van der Waals surface area contributed by atoms with Gasteiger partial charge in [-0.25, -0.2) is 9.98 Å². The average molecular weight is 441 g/mol. The fourth-order valence-electron chi connectivity index (χ4n) is 3.32. The monoisotopic (exact) mass is 440 g/mol. The van der Waals surface area contributed by atoms with Crippen molar-refractivity contribution in [3.8, 4) is 5.75 Å². The average Bonchev–Trinajstić information content (AvgIpc) is 3.49. The molecule has 0 bridgehead atoms. The van der Waals surface area contributed by atoms with Gasteiger partial charge in [0.15, 0.2) is 5.82 Å². The number of nitrogens with two attached hydrogens (primary N) is 1. The number of benzene rings is 1. The maximum absolute atomic E-state index is 5.86. The first-order valence-corrected chi connectivity index (χ1v) is 11.0. The highest BCUT2D eigenvalue weighted by Crippen LogP contribution is 2.32. The van der Waals surface area contributed by atoms with E-state index in [-0.39, 0.29) is 0 Å². The smallest absolute Gasteiger partial charge is 0.324 e. The van der Waals surface area contributed by atoms with E-state index in [9.17, 15) is 0 Å². The van der Waals surface area contributed by atoms with Gasteiger partial charge in [0.25, 0.3) is 0 Å². The number of thiazole rings is 1. The number of ether oxygens (including phenoxy) is 1. The van der Waals surface area contributed by atoms with Crippen LogP contribution in [0.1, 0.15) is 42.2 Å². The molecular weight excluding hydrogens is 416 g/mol. The summed E-state index contributed by atoms with van der Waals surface area (Å²) in [6, 6.07) is 8.02. The summed E-state index contributed by atoms with van der Waals surface area (Å²) in [6.07, 6.45) is 4.11. The Morgan fingerprint density at radius 2 is 2.06 bits per heavy atom. The fourth-order valence-corrected chi connectivity index (χ4v) is 4.29. The van der Waals surface area contributed by atoms with Crippen molar-refractivity contribution in [2.24, 2.45) is 21.2 Å². The second-order valence-electron chi connectivity index (χ2n) is 7.04. The van der Waals surface area contributed by atoms with E-state index >= 15 is 0 Å². The minimum Gasteiger partial charge on any atom is -0.487 e. The predicted octanol–water partition coefficient (Wildman–Crippen LogP) is 4.04. The molecule has 0 atom stereocenters. The van der Waals surface area contributed by atoms with Crippen LogP contribution in [0.15, 0.2) is 49.5 Å². The number of hydrogen-bond acceptors (Lipinski definition) is 9. The molecule has 0 radical (unpaired) electrons. The molecule has 10 nitrogen and oxygen atoms in total. The highest BCUT2D eigenvalue weighted by Gasteiger charge is 2.25. The van der Waals surface area contributed by atoms with Gasteiger partial charge in [0, 0.05) is 30.8 Å². The number of aliphatic imine (C=N–C) groups is 1. The summed E-state index contributed by atoms with van der Waals surface area (Å²) in [6.45, 7) is 4.24. The van der Waals surface area contributed by atoms with E-state index in [0.717, 1.165) is 60.3 Å². The van der Waals surface area contributed by atoms with Crippen molar-refractivity contribution < 1.29 is 9.26 Å². The molecule has 31 heavy (non-hydrogen) atoms. The number of hydrogen-bond donors (Lipinski definition) is 1. The molecule has 1 aliphatic heterocycles. The molecule has 4 rings (SSSR count). The molecule has 1 aliphatic rings. The summed E-state index contributed by atoms with van der Waals surface area (Å²) >= 11 is 1.70. The number of rotatable bonds is 8. The zero-order chi connectivity index (χ0) is 21.5. The molecule has 3 heterocycles. The van der Waals surface area contributed by atoms with Crippen molar-refractivity contribution in [1.82, 2.24) is 15.1 Å². The molecule has 0 aliphatic carbocycles. The number of anilines is 1. The number of aromatic nitrogens is 3. The lowest BCUT2D eigenvalue weighted by Crippen LogP contribution is -2.33. The lowest BCUT2D eigenvalue weighted by molar-refractivity contribution is 0.301. The molecule has 0 amide bonds. The molecule has 0 spiro atoms. The lowest BCUT2D eigenvalue weighted by atomic mass is 9.98. The lowest BCUT2D eigenvalue weighted by Gasteiger charge is -2.29. The van der Waals surface area contributed by atoms with Crippen LogP contribution in [-0.4, -0.2) is 34.6 Å². The Morgan fingerprint density at radius 3 is 2.77 bits per heavy atom. The molecule has 2 aromatic heterocycles. The van der Waals surface area contributed by atoms with E-state index in [1.807, 2.05) is 31.2 Å². The van der Waals surface area contributed by atoms with Crippen LogP contribution in [0.2, 0.25) is 0 Å². The Bertz CT molecular complexity index is 1020. The van der Waals surface area contributed by atoms with Gasteiger partial charge in [-0.1, -0.05) is 17.3 Å². The van der Waals surface area contributed by atoms with Crippen molar-refractivity contribution in [1.29, 1.82) is 0 Å². The van der Waals surface area contributed by atoms with Crippen molar-refractivity contribution in [3.63, 3.8) is 0 Å². The third kappa shape index (κ3) is 5.43. The molecule has 3 aromatic rings. The zero-order valence-electron chi connectivity index (χ0n) is 17.2. The van der Waals surface area contributed by atoms with Gasteiger partial charge in [-0.15, -0.1) is 16.5 Å². The van der Waals surface area contributed by atoms with Crippen molar-refractivity contribution in [3.05, 3.63) is 46.2 Å². The van der Waals surface area contributed by atoms with Crippen molar-refractivity contribution in [2.45, 2.75) is 38.7 Å². The van der Waals surface area contributed by atoms with Crippen LogP contribution in [0.3, 0.4) is 0 Å². The van der Waals surface area contributed by atoms with Crippen LogP contribution in [-0.2, 0) is 13.0 Å². The summed E-state index contributed by atoms with van der Waals surface area (Å²) in [5, 5.41) is 13.8. The Morgan fingerprint density at radius 1 is 1.26 bits per heavy atom. The minimum absolute atomic E-state index is 0.432. The van der Waals surface area contributed by atoms with E-state index in [2.05, 4.69) is 35.8 Å². The fraction of sp³-hybridized carbons (Fsp3) is 0.400. The number of nitrogens with zero attached hydrogens (tertiary/aromatic N) is 7. The van der Waals surface area contributed by atoms with Gasteiger partial charge in [0.2, 0.25) is 0 Å². The summed E-state index contributed by atoms with van der Waals surface area (Å²) in [5.41, 5.74) is 1.69. The third-order valence-electron chi connectivity index (χ3n) is 5.01. The van der Waals surface area contributed by atoms with Gasteiger partial charge in [-0.05, 0) is 37.1 Å². The molecular formula is C20H24N8O2S. The third-order valence-corrected chi connectivity index (χ3v) is 6.06. The largest absolute Gasteiger partial charge is 0.487 e. The maximum atomic E-state index is 5.86. The van der Waals surface area contributed by atoms with E-state index in [4.69, 9.17) is 20.1 Å². The molecule has 0 unspecified atom stereocenters. The topological polar surface area (TPSA) is 127 Å². The Balaban J connectivity index is 1.27. The predicted molar refractivity (Wildman–Crippen MR) is 118 cm³/mol. The second kappa shape index (κ2) is 10.1. The van der Waals surface area contributed by atoms with E-state index in [1.54, 1.807) is 11.3 Å². The van der Waals surface area contributed by atoms with Crippen LogP contribution in [0.5, 0.6) is 5.75 Å². The Kier molecular flexibility index (Phi) is 6.82. The van der Waals surface area contributed by atoms with E-state index < -0.39 is 0 Å². The van der Waals surface area contributed by atoms with Gasteiger partial charge in [0.1, 0.15) is 18.7 Å².